The van der Waals surface area contributed by atoms with E-state index in [2.05, 4.69) is 44.7 Å². The first kappa shape index (κ1) is 19.0. The van der Waals surface area contributed by atoms with Gasteiger partial charge in [0.1, 0.15) is 0 Å². The number of hydrogen-bond donors (Lipinski definition) is 2. The fraction of sp³-hybridized carbons (Fsp3) is 0.545. The lowest BCUT2D eigenvalue weighted by atomic mass is 10.1. The molecule has 6 heteroatoms. The number of fused-ring (bicyclic) bond motifs is 1. The average Bonchev–Trinajstić information content (AvgIpc) is 3.15. The van der Waals surface area contributed by atoms with Gasteiger partial charge in [-0.3, -0.25) is 10.00 Å². The van der Waals surface area contributed by atoms with Crippen molar-refractivity contribution < 1.29 is 4.79 Å². The number of aromatic amines is 1. The van der Waals surface area contributed by atoms with Crippen LogP contribution in [0.15, 0.2) is 24.3 Å². The zero-order chi connectivity index (χ0) is 19.7. The number of hydrogen-bond acceptors (Lipinski definition) is 3. The second-order valence-electron chi connectivity index (χ2n) is 8.23. The Morgan fingerprint density at radius 1 is 1.14 bits per heavy atom. The van der Waals surface area contributed by atoms with Gasteiger partial charge in [0.05, 0.1) is 11.7 Å². The summed E-state index contributed by atoms with van der Waals surface area (Å²) < 4.78 is 0. The van der Waals surface area contributed by atoms with Crippen LogP contribution in [-0.2, 0) is 12.8 Å². The SMILES string of the molecule is Cc1n[nH]c(C)c1C(C)NC(=O)N1CCCN(C2Cc3ccccc3C2)CC1. The molecule has 1 unspecified atom stereocenters. The van der Waals surface area contributed by atoms with Crippen molar-refractivity contribution in [1.29, 1.82) is 0 Å². The molecular formula is C22H31N5O. The molecule has 1 aromatic carbocycles. The highest BCUT2D eigenvalue weighted by Crippen LogP contribution is 2.26. The largest absolute Gasteiger partial charge is 0.331 e. The number of rotatable bonds is 3. The third kappa shape index (κ3) is 3.78. The molecule has 2 heterocycles. The topological polar surface area (TPSA) is 64.3 Å². The number of nitrogens with zero attached hydrogens (tertiary/aromatic N) is 3. The van der Waals surface area contributed by atoms with Gasteiger partial charge in [-0.2, -0.15) is 5.10 Å². The van der Waals surface area contributed by atoms with E-state index in [1.54, 1.807) is 0 Å². The van der Waals surface area contributed by atoms with E-state index in [0.717, 1.165) is 62.4 Å². The number of carbonyl (C=O) groups is 1. The summed E-state index contributed by atoms with van der Waals surface area (Å²) in [5, 5.41) is 10.4. The molecule has 2 amide bonds. The van der Waals surface area contributed by atoms with Gasteiger partial charge in [-0.05, 0) is 51.2 Å². The van der Waals surface area contributed by atoms with Gasteiger partial charge in [-0.15, -0.1) is 0 Å². The van der Waals surface area contributed by atoms with E-state index in [0.29, 0.717) is 6.04 Å². The molecular weight excluding hydrogens is 350 g/mol. The van der Waals surface area contributed by atoms with E-state index < -0.39 is 0 Å². The third-order valence-corrected chi connectivity index (χ3v) is 6.32. The first-order valence-electron chi connectivity index (χ1n) is 10.4. The van der Waals surface area contributed by atoms with Crippen LogP contribution in [0.25, 0.3) is 0 Å². The van der Waals surface area contributed by atoms with Gasteiger partial charge in [0, 0.05) is 43.5 Å². The molecule has 6 nitrogen and oxygen atoms in total. The summed E-state index contributed by atoms with van der Waals surface area (Å²) in [6.45, 7) is 9.63. The quantitative estimate of drug-likeness (QED) is 0.859. The Hall–Kier alpha value is -2.34. The Bertz CT molecular complexity index is 801. The maximum absolute atomic E-state index is 12.9. The lowest BCUT2D eigenvalue weighted by molar-refractivity contribution is 0.186. The Labute approximate surface area is 167 Å². The predicted octanol–water partition coefficient (Wildman–Crippen LogP) is 2.97. The number of H-pyrrole nitrogens is 1. The maximum atomic E-state index is 12.9. The Kier molecular flexibility index (Phi) is 5.40. The zero-order valence-electron chi connectivity index (χ0n) is 17.2. The molecule has 1 atom stereocenters. The van der Waals surface area contributed by atoms with Crippen molar-refractivity contribution in [3.63, 3.8) is 0 Å². The molecule has 0 bridgehead atoms. The standard InChI is InChI=1S/C22H31N5O/c1-15(21-16(2)24-25-17(21)3)23-22(28)27-10-6-9-26(11-12-27)20-13-18-7-4-5-8-19(18)14-20/h4-5,7-8,15,20H,6,9-14H2,1-3H3,(H,23,28)(H,24,25). The third-order valence-electron chi connectivity index (χ3n) is 6.32. The number of aromatic nitrogens is 2. The van der Waals surface area contributed by atoms with Crippen LogP contribution >= 0.6 is 0 Å². The maximum Gasteiger partial charge on any atom is 0.317 e. The molecule has 1 fully saturated rings. The summed E-state index contributed by atoms with van der Waals surface area (Å²) in [5.74, 6) is 0. The number of aryl methyl sites for hydroxylation is 2. The monoisotopic (exact) mass is 381 g/mol. The zero-order valence-corrected chi connectivity index (χ0v) is 17.2. The minimum atomic E-state index is -0.0464. The first-order chi connectivity index (χ1) is 13.5. The van der Waals surface area contributed by atoms with E-state index in [9.17, 15) is 4.79 Å². The number of benzene rings is 1. The highest BCUT2D eigenvalue weighted by molar-refractivity contribution is 5.74. The summed E-state index contributed by atoms with van der Waals surface area (Å²) >= 11 is 0. The van der Waals surface area contributed by atoms with Gasteiger partial charge in [0.25, 0.3) is 0 Å². The smallest absolute Gasteiger partial charge is 0.317 e. The van der Waals surface area contributed by atoms with Gasteiger partial charge in [0.15, 0.2) is 0 Å². The van der Waals surface area contributed by atoms with Crippen molar-refractivity contribution in [1.82, 2.24) is 25.3 Å². The van der Waals surface area contributed by atoms with Gasteiger partial charge >= 0.3 is 6.03 Å². The van der Waals surface area contributed by atoms with Crippen LogP contribution in [-0.4, -0.2) is 58.2 Å². The Balaban J connectivity index is 1.33. The normalized spacial score (nSPS) is 19.3. The molecule has 150 valence electrons. The summed E-state index contributed by atoms with van der Waals surface area (Å²) in [6.07, 6.45) is 3.30. The minimum Gasteiger partial charge on any atom is -0.331 e. The molecule has 2 aromatic rings. The van der Waals surface area contributed by atoms with Gasteiger partial charge in [-0.25, -0.2) is 4.79 Å². The van der Waals surface area contributed by atoms with Crippen molar-refractivity contribution in [3.05, 3.63) is 52.3 Å². The van der Waals surface area contributed by atoms with Crippen LogP contribution in [0.3, 0.4) is 0 Å². The summed E-state index contributed by atoms with van der Waals surface area (Å²) in [4.78, 5) is 17.4. The van der Waals surface area contributed by atoms with Crippen LogP contribution < -0.4 is 5.32 Å². The molecule has 0 saturated carbocycles. The van der Waals surface area contributed by atoms with Crippen LogP contribution in [0.1, 0.15) is 47.5 Å². The minimum absolute atomic E-state index is 0.0315. The van der Waals surface area contributed by atoms with Gasteiger partial charge in [0.2, 0.25) is 0 Å². The second kappa shape index (κ2) is 7.95. The van der Waals surface area contributed by atoms with E-state index in [4.69, 9.17) is 0 Å². The first-order valence-corrected chi connectivity index (χ1v) is 10.4. The molecule has 0 spiro atoms. The average molecular weight is 382 g/mol. The number of carbonyl (C=O) groups excluding carboxylic acids is 1. The molecule has 1 aromatic heterocycles. The molecule has 0 radical (unpaired) electrons. The fourth-order valence-electron chi connectivity index (χ4n) is 4.85. The van der Waals surface area contributed by atoms with Crippen LogP contribution in [0, 0.1) is 13.8 Å². The number of amides is 2. The Morgan fingerprint density at radius 2 is 1.86 bits per heavy atom. The molecule has 28 heavy (non-hydrogen) atoms. The highest BCUT2D eigenvalue weighted by atomic mass is 16.2. The molecule has 1 saturated heterocycles. The molecule has 2 N–H and O–H groups in total. The lowest BCUT2D eigenvalue weighted by Crippen LogP contribution is -2.44. The second-order valence-corrected chi connectivity index (χ2v) is 8.23. The number of nitrogens with one attached hydrogen (secondary N) is 2. The van der Waals surface area contributed by atoms with E-state index in [1.165, 1.54) is 11.1 Å². The van der Waals surface area contributed by atoms with Crippen molar-refractivity contribution >= 4 is 6.03 Å². The van der Waals surface area contributed by atoms with E-state index in [1.807, 2.05) is 25.7 Å². The highest BCUT2D eigenvalue weighted by Gasteiger charge is 2.29. The van der Waals surface area contributed by atoms with Crippen LogP contribution in [0.4, 0.5) is 4.79 Å². The van der Waals surface area contributed by atoms with Crippen molar-refractivity contribution in [2.45, 2.75) is 52.1 Å². The molecule has 1 aliphatic heterocycles. The van der Waals surface area contributed by atoms with Crippen LogP contribution in [0.5, 0.6) is 0 Å². The van der Waals surface area contributed by atoms with Gasteiger partial charge < -0.3 is 10.2 Å². The molecule has 1 aliphatic carbocycles. The van der Waals surface area contributed by atoms with Crippen molar-refractivity contribution in [3.8, 4) is 0 Å². The van der Waals surface area contributed by atoms with Crippen molar-refractivity contribution in [2.75, 3.05) is 26.2 Å². The summed E-state index contributed by atoms with van der Waals surface area (Å²) in [6, 6.07) is 9.36. The fourth-order valence-corrected chi connectivity index (χ4v) is 4.85. The predicted molar refractivity (Wildman–Crippen MR) is 110 cm³/mol. The van der Waals surface area contributed by atoms with E-state index >= 15 is 0 Å². The number of urea groups is 1. The molecule has 4 rings (SSSR count). The van der Waals surface area contributed by atoms with E-state index in [-0.39, 0.29) is 12.1 Å². The van der Waals surface area contributed by atoms with Gasteiger partial charge in [-0.1, -0.05) is 24.3 Å². The summed E-state index contributed by atoms with van der Waals surface area (Å²) in [5.41, 5.74) is 6.05. The lowest BCUT2D eigenvalue weighted by Gasteiger charge is -2.28. The molecule has 2 aliphatic rings. The Morgan fingerprint density at radius 3 is 2.50 bits per heavy atom. The van der Waals surface area contributed by atoms with Crippen LogP contribution in [0.2, 0.25) is 0 Å². The summed E-state index contributed by atoms with van der Waals surface area (Å²) in [7, 11) is 0. The van der Waals surface area contributed by atoms with Crippen molar-refractivity contribution in [2.24, 2.45) is 0 Å².